The van der Waals surface area contributed by atoms with E-state index >= 15 is 0 Å². The van der Waals surface area contributed by atoms with Crippen molar-refractivity contribution in [3.8, 4) is 11.5 Å². The first-order valence-electron chi connectivity index (χ1n) is 9.36. The molecule has 1 heterocycles. The summed E-state index contributed by atoms with van der Waals surface area (Å²) < 4.78 is 11.7. The van der Waals surface area contributed by atoms with Crippen LogP contribution in [0.4, 0.5) is 0 Å². The SMILES string of the molecule is CCC(C)Oc1cc(C)ccc1CNC(=NC)NCCOc1cccnc1. The van der Waals surface area contributed by atoms with Gasteiger partial charge in [-0.1, -0.05) is 19.1 Å². The topological polar surface area (TPSA) is 67.8 Å². The summed E-state index contributed by atoms with van der Waals surface area (Å²) in [6.07, 6.45) is 4.58. The highest BCUT2D eigenvalue weighted by molar-refractivity contribution is 5.79. The van der Waals surface area contributed by atoms with Crippen LogP contribution in [0.5, 0.6) is 11.5 Å². The van der Waals surface area contributed by atoms with Crippen molar-refractivity contribution in [1.29, 1.82) is 0 Å². The number of aryl methyl sites for hydroxylation is 1. The van der Waals surface area contributed by atoms with Crippen molar-refractivity contribution in [3.63, 3.8) is 0 Å². The van der Waals surface area contributed by atoms with Gasteiger partial charge in [-0.05, 0) is 44.0 Å². The van der Waals surface area contributed by atoms with Gasteiger partial charge in [0.05, 0.1) is 18.8 Å². The minimum atomic E-state index is 0.188. The van der Waals surface area contributed by atoms with Crippen molar-refractivity contribution >= 4 is 5.96 Å². The van der Waals surface area contributed by atoms with Gasteiger partial charge in [-0.25, -0.2) is 0 Å². The van der Waals surface area contributed by atoms with Crippen molar-refractivity contribution in [2.75, 3.05) is 20.2 Å². The number of pyridine rings is 1. The smallest absolute Gasteiger partial charge is 0.191 e. The number of hydrogen-bond acceptors (Lipinski definition) is 4. The van der Waals surface area contributed by atoms with Crippen LogP contribution in [-0.2, 0) is 6.54 Å². The maximum atomic E-state index is 6.06. The summed E-state index contributed by atoms with van der Waals surface area (Å²) in [5.41, 5.74) is 2.29. The lowest BCUT2D eigenvalue weighted by atomic mass is 10.1. The number of hydrogen-bond donors (Lipinski definition) is 2. The molecule has 1 unspecified atom stereocenters. The third kappa shape index (κ3) is 7.17. The molecule has 1 aromatic carbocycles. The number of nitrogens with one attached hydrogen (secondary N) is 2. The number of aromatic nitrogens is 1. The highest BCUT2D eigenvalue weighted by atomic mass is 16.5. The number of ether oxygens (including phenoxy) is 2. The molecule has 146 valence electrons. The largest absolute Gasteiger partial charge is 0.490 e. The van der Waals surface area contributed by atoms with Gasteiger partial charge in [-0.15, -0.1) is 0 Å². The predicted molar refractivity (Wildman–Crippen MR) is 109 cm³/mol. The number of aliphatic imine (C=N–C) groups is 1. The number of benzene rings is 1. The Balaban J connectivity index is 1.83. The van der Waals surface area contributed by atoms with Crippen LogP contribution in [-0.4, -0.2) is 37.2 Å². The van der Waals surface area contributed by atoms with E-state index in [9.17, 15) is 0 Å². The summed E-state index contributed by atoms with van der Waals surface area (Å²) in [6, 6.07) is 10.0. The van der Waals surface area contributed by atoms with E-state index in [1.165, 1.54) is 5.56 Å². The zero-order chi connectivity index (χ0) is 19.5. The van der Waals surface area contributed by atoms with E-state index in [4.69, 9.17) is 9.47 Å². The summed E-state index contributed by atoms with van der Waals surface area (Å²) in [6.45, 7) is 8.08. The summed E-state index contributed by atoms with van der Waals surface area (Å²) in [7, 11) is 1.75. The number of rotatable bonds is 9. The monoisotopic (exact) mass is 370 g/mol. The Hall–Kier alpha value is -2.76. The molecule has 2 N–H and O–H groups in total. The zero-order valence-electron chi connectivity index (χ0n) is 16.7. The molecule has 0 fully saturated rings. The van der Waals surface area contributed by atoms with Crippen LogP contribution in [0, 0.1) is 6.92 Å². The third-order valence-electron chi connectivity index (χ3n) is 4.09. The zero-order valence-corrected chi connectivity index (χ0v) is 16.7. The van der Waals surface area contributed by atoms with Crippen molar-refractivity contribution in [3.05, 3.63) is 53.9 Å². The number of nitrogens with zero attached hydrogens (tertiary/aromatic N) is 2. The van der Waals surface area contributed by atoms with Crippen molar-refractivity contribution in [1.82, 2.24) is 15.6 Å². The van der Waals surface area contributed by atoms with Crippen LogP contribution in [0.15, 0.2) is 47.7 Å². The van der Waals surface area contributed by atoms with Crippen LogP contribution < -0.4 is 20.1 Å². The summed E-state index contributed by atoms with van der Waals surface area (Å²) >= 11 is 0. The Bertz CT molecular complexity index is 719. The second-order valence-corrected chi connectivity index (χ2v) is 6.34. The molecule has 2 rings (SSSR count). The van der Waals surface area contributed by atoms with Gasteiger partial charge in [-0.3, -0.25) is 9.98 Å². The molecule has 0 radical (unpaired) electrons. The Kier molecular flexibility index (Phi) is 8.42. The quantitative estimate of drug-likeness (QED) is 0.403. The molecule has 0 aliphatic carbocycles. The molecule has 0 amide bonds. The third-order valence-corrected chi connectivity index (χ3v) is 4.09. The van der Waals surface area contributed by atoms with Crippen molar-refractivity contribution < 1.29 is 9.47 Å². The molecule has 0 saturated carbocycles. The molecule has 2 aromatic rings. The lowest BCUT2D eigenvalue weighted by molar-refractivity contribution is 0.215. The van der Waals surface area contributed by atoms with Crippen LogP contribution in [0.25, 0.3) is 0 Å². The highest BCUT2D eigenvalue weighted by Crippen LogP contribution is 2.22. The van der Waals surface area contributed by atoms with Gasteiger partial charge in [0.2, 0.25) is 0 Å². The van der Waals surface area contributed by atoms with E-state index in [2.05, 4.69) is 59.6 Å². The lowest BCUT2D eigenvalue weighted by Crippen LogP contribution is -2.39. The van der Waals surface area contributed by atoms with Gasteiger partial charge >= 0.3 is 0 Å². The van der Waals surface area contributed by atoms with Crippen LogP contribution in [0.1, 0.15) is 31.4 Å². The maximum Gasteiger partial charge on any atom is 0.191 e. The van der Waals surface area contributed by atoms with Crippen LogP contribution >= 0.6 is 0 Å². The Labute approximate surface area is 162 Å². The number of guanidine groups is 1. The molecule has 6 heteroatoms. The minimum Gasteiger partial charge on any atom is -0.490 e. The van der Waals surface area contributed by atoms with Gasteiger partial charge < -0.3 is 20.1 Å². The van der Waals surface area contributed by atoms with Gasteiger partial charge in [0.25, 0.3) is 0 Å². The second kappa shape index (κ2) is 11.1. The Morgan fingerprint density at radius 2 is 2.11 bits per heavy atom. The second-order valence-electron chi connectivity index (χ2n) is 6.34. The van der Waals surface area contributed by atoms with Gasteiger partial charge in [0.15, 0.2) is 5.96 Å². The van der Waals surface area contributed by atoms with E-state index in [0.29, 0.717) is 19.7 Å². The lowest BCUT2D eigenvalue weighted by Gasteiger charge is -2.18. The first-order chi connectivity index (χ1) is 13.1. The fourth-order valence-electron chi connectivity index (χ4n) is 2.39. The molecule has 0 bridgehead atoms. The molecule has 1 aromatic heterocycles. The molecular formula is C21H30N4O2. The molecular weight excluding hydrogens is 340 g/mol. The van der Waals surface area contributed by atoms with E-state index in [0.717, 1.165) is 29.4 Å². The minimum absolute atomic E-state index is 0.188. The van der Waals surface area contributed by atoms with E-state index in [1.807, 2.05) is 12.1 Å². The molecule has 27 heavy (non-hydrogen) atoms. The van der Waals surface area contributed by atoms with Crippen molar-refractivity contribution in [2.45, 2.75) is 39.8 Å². The summed E-state index contributed by atoms with van der Waals surface area (Å²) in [4.78, 5) is 8.28. The molecule has 6 nitrogen and oxygen atoms in total. The fraction of sp³-hybridized carbons (Fsp3) is 0.429. The normalized spacial score (nSPS) is 12.4. The molecule has 0 spiro atoms. The maximum absolute atomic E-state index is 6.06. The molecule has 0 saturated heterocycles. The predicted octanol–water partition coefficient (Wildman–Crippen LogP) is 3.31. The first-order valence-corrected chi connectivity index (χ1v) is 9.36. The Morgan fingerprint density at radius 3 is 2.81 bits per heavy atom. The molecule has 0 aliphatic rings. The van der Waals surface area contributed by atoms with Crippen LogP contribution in [0.2, 0.25) is 0 Å². The Morgan fingerprint density at radius 1 is 1.26 bits per heavy atom. The average molecular weight is 370 g/mol. The highest BCUT2D eigenvalue weighted by Gasteiger charge is 2.08. The van der Waals surface area contributed by atoms with E-state index < -0.39 is 0 Å². The fourth-order valence-corrected chi connectivity index (χ4v) is 2.39. The molecule has 0 aliphatic heterocycles. The first kappa shape index (κ1) is 20.6. The molecule has 1 atom stereocenters. The average Bonchev–Trinajstić information content (AvgIpc) is 2.69. The van der Waals surface area contributed by atoms with Gasteiger partial charge in [-0.2, -0.15) is 0 Å². The summed E-state index contributed by atoms with van der Waals surface area (Å²) in [5, 5.41) is 6.57. The van der Waals surface area contributed by atoms with Gasteiger partial charge in [0.1, 0.15) is 18.1 Å². The van der Waals surface area contributed by atoms with Crippen LogP contribution in [0.3, 0.4) is 0 Å². The summed E-state index contributed by atoms with van der Waals surface area (Å²) in [5.74, 6) is 2.40. The van der Waals surface area contributed by atoms with E-state index in [1.54, 1.807) is 19.4 Å². The van der Waals surface area contributed by atoms with Crippen molar-refractivity contribution in [2.24, 2.45) is 4.99 Å². The van der Waals surface area contributed by atoms with E-state index in [-0.39, 0.29) is 6.10 Å². The standard InChI is InChI=1S/C21H30N4O2/c1-5-17(3)27-20-13-16(2)8-9-18(20)14-25-21(22-4)24-11-12-26-19-7-6-10-23-15-19/h6-10,13,15,17H,5,11-12,14H2,1-4H3,(H2,22,24,25). The van der Waals surface area contributed by atoms with Gasteiger partial charge in [0, 0.05) is 25.4 Å².